The summed E-state index contributed by atoms with van der Waals surface area (Å²) in [4.78, 5) is 0. The van der Waals surface area contributed by atoms with E-state index in [1.54, 1.807) is 0 Å². The lowest BCUT2D eigenvalue weighted by Gasteiger charge is -2.09. The number of hydrogen-bond acceptors (Lipinski definition) is 2. The summed E-state index contributed by atoms with van der Waals surface area (Å²) in [5, 5.41) is 0. The summed E-state index contributed by atoms with van der Waals surface area (Å²) in [5.41, 5.74) is 1.15. The van der Waals surface area contributed by atoms with Gasteiger partial charge in [0.05, 0.1) is 16.1 Å². The average Bonchev–Trinajstić information content (AvgIpc) is 2.25. The van der Waals surface area contributed by atoms with E-state index in [9.17, 15) is 0 Å². The van der Waals surface area contributed by atoms with E-state index in [-0.39, 0.29) is 6.10 Å². The quantitative estimate of drug-likeness (QED) is 0.566. The van der Waals surface area contributed by atoms with Crippen LogP contribution in [-0.4, -0.2) is 12.9 Å². The van der Waals surface area contributed by atoms with E-state index >= 15 is 0 Å². The maximum atomic E-state index is 5.42. The minimum Gasteiger partial charge on any atom is -0.351 e. The predicted molar refractivity (Wildman–Crippen MR) is 72.6 cm³/mol. The smallest absolute Gasteiger partial charge is 0.147 e. The van der Waals surface area contributed by atoms with Gasteiger partial charge in [0.15, 0.2) is 0 Å². The Hall–Kier alpha value is -0.160. The molecule has 0 aliphatic rings. The third-order valence-corrected chi connectivity index (χ3v) is 2.42. The van der Waals surface area contributed by atoms with E-state index < -0.39 is 0 Å². The third-order valence-electron chi connectivity index (χ3n) is 1.89. The molecule has 88 valence electrons. The first-order valence-electron chi connectivity index (χ1n) is 4.94. The van der Waals surface area contributed by atoms with Crippen LogP contribution >= 0.6 is 31.9 Å². The molecule has 0 bridgehead atoms. The Balaban J connectivity index is 2.15. The van der Waals surface area contributed by atoms with E-state index in [2.05, 4.69) is 31.9 Å². The van der Waals surface area contributed by atoms with Crippen molar-refractivity contribution >= 4 is 31.9 Å². The fourth-order valence-corrected chi connectivity index (χ4v) is 1.86. The molecule has 1 aromatic carbocycles. The van der Waals surface area contributed by atoms with E-state index in [4.69, 9.17) is 9.47 Å². The van der Waals surface area contributed by atoms with E-state index in [1.165, 1.54) is 0 Å². The molecule has 0 aliphatic carbocycles. The summed E-state index contributed by atoms with van der Waals surface area (Å²) < 4.78 is 11.7. The molecule has 0 radical (unpaired) electrons. The summed E-state index contributed by atoms with van der Waals surface area (Å²) in [5.74, 6) is 0. The van der Waals surface area contributed by atoms with Crippen LogP contribution in [0.2, 0.25) is 0 Å². The summed E-state index contributed by atoms with van der Waals surface area (Å²) in [6.07, 6.45) is 1.93. The number of rotatable bonds is 6. The van der Waals surface area contributed by atoms with Crippen LogP contribution in [0, 0.1) is 0 Å². The number of halogens is 2. The molecular weight excluding hydrogens is 336 g/mol. The highest BCUT2D eigenvalue weighted by Crippen LogP contribution is 2.14. The van der Waals surface area contributed by atoms with Gasteiger partial charge in [0, 0.05) is 0 Å². The number of ether oxygens (including phenoxy) is 2. The van der Waals surface area contributed by atoms with Gasteiger partial charge in [0.25, 0.3) is 0 Å². The molecule has 0 N–H and O–H groups in total. The molecule has 0 heterocycles. The van der Waals surface area contributed by atoms with Gasteiger partial charge >= 0.3 is 0 Å². The summed E-state index contributed by atoms with van der Waals surface area (Å²) >= 11 is 6.56. The van der Waals surface area contributed by atoms with Crippen LogP contribution in [0.25, 0.3) is 0 Å². The van der Waals surface area contributed by atoms with Gasteiger partial charge in [0.2, 0.25) is 0 Å². The van der Waals surface area contributed by atoms with Crippen molar-refractivity contribution in [1.82, 2.24) is 0 Å². The van der Waals surface area contributed by atoms with E-state index in [1.807, 2.05) is 43.3 Å². The molecule has 0 saturated heterocycles. The van der Waals surface area contributed by atoms with Crippen LogP contribution in [0.15, 0.2) is 39.8 Å². The zero-order valence-corrected chi connectivity index (χ0v) is 12.2. The molecule has 4 heteroatoms. The molecule has 1 atom stereocenters. The predicted octanol–water partition coefficient (Wildman–Crippen LogP) is 4.20. The SMILES string of the molecule is CC(C=C(Br)Br)OCOCc1ccccc1. The molecule has 0 aliphatic heterocycles. The van der Waals surface area contributed by atoms with Gasteiger partial charge in [-0.1, -0.05) is 30.3 Å². The van der Waals surface area contributed by atoms with Crippen LogP contribution in [0.5, 0.6) is 0 Å². The lowest BCUT2D eigenvalue weighted by atomic mass is 10.2. The second-order valence-corrected chi connectivity index (χ2v) is 6.05. The molecule has 0 fully saturated rings. The highest BCUT2D eigenvalue weighted by Gasteiger charge is 1.98. The van der Waals surface area contributed by atoms with Crippen molar-refractivity contribution in [2.24, 2.45) is 0 Å². The van der Waals surface area contributed by atoms with Gasteiger partial charge in [-0.05, 0) is 50.4 Å². The standard InChI is InChI=1S/C12H14Br2O2/c1-10(7-12(13)14)16-9-15-8-11-5-3-2-4-6-11/h2-7,10H,8-9H2,1H3. The Morgan fingerprint density at radius 1 is 1.31 bits per heavy atom. The van der Waals surface area contributed by atoms with Gasteiger partial charge in [-0.2, -0.15) is 0 Å². The van der Waals surface area contributed by atoms with Crippen LogP contribution in [0.1, 0.15) is 12.5 Å². The van der Waals surface area contributed by atoms with Crippen LogP contribution in [0.4, 0.5) is 0 Å². The molecule has 0 saturated carbocycles. The van der Waals surface area contributed by atoms with E-state index in [0.717, 1.165) is 8.96 Å². The highest BCUT2D eigenvalue weighted by atomic mass is 79.9. The van der Waals surface area contributed by atoms with Gasteiger partial charge in [0.1, 0.15) is 6.79 Å². The third kappa shape index (κ3) is 6.43. The lowest BCUT2D eigenvalue weighted by Crippen LogP contribution is -2.08. The summed E-state index contributed by atoms with van der Waals surface area (Å²) in [7, 11) is 0. The van der Waals surface area contributed by atoms with Crippen LogP contribution in [-0.2, 0) is 16.1 Å². The van der Waals surface area contributed by atoms with Crippen molar-refractivity contribution in [2.45, 2.75) is 19.6 Å². The van der Waals surface area contributed by atoms with Gasteiger partial charge in [-0.25, -0.2) is 0 Å². The first-order valence-corrected chi connectivity index (χ1v) is 6.53. The molecule has 16 heavy (non-hydrogen) atoms. The van der Waals surface area contributed by atoms with Crippen LogP contribution in [0.3, 0.4) is 0 Å². The van der Waals surface area contributed by atoms with E-state index in [0.29, 0.717) is 13.4 Å². The fraction of sp³-hybridized carbons (Fsp3) is 0.333. The highest BCUT2D eigenvalue weighted by molar-refractivity contribution is 9.28. The maximum Gasteiger partial charge on any atom is 0.147 e. The molecule has 1 unspecified atom stereocenters. The van der Waals surface area contributed by atoms with Crippen molar-refractivity contribution in [1.29, 1.82) is 0 Å². The van der Waals surface area contributed by atoms with Crippen molar-refractivity contribution in [2.75, 3.05) is 6.79 Å². The van der Waals surface area contributed by atoms with Crippen molar-refractivity contribution < 1.29 is 9.47 Å². The molecule has 2 nitrogen and oxygen atoms in total. The topological polar surface area (TPSA) is 18.5 Å². The fourth-order valence-electron chi connectivity index (χ4n) is 1.11. The minimum atomic E-state index is 0.0181. The van der Waals surface area contributed by atoms with Gasteiger partial charge < -0.3 is 9.47 Å². The normalized spacial score (nSPS) is 12.2. The minimum absolute atomic E-state index is 0.0181. The summed E-state index contributed by atoms with van der Waals surface area (Å²) in [6.45, 7) is 2.82. The Morgan fingerprint density at radius 2 is 2.00 bits per heavy atom. The Labute approximate surface area is 113 Å². The maximum absolute atomic E-state index is 5.42. The molecule has 0 spiro atoms. The van der Waals surface area contributed by atoms with Gasteiger partial charge in [-0.3, -0.25) is 0 Å². The van der Waals surface area contributed by atoms with Crippen molar-refractivity contribution in [3.05, 3.63) is 45.4 Å². The summed E-state index contributed by atoms with van der Waals surface area (Å²) in [6, 6.07) is 10.0. The Kier molecular flexibility index (Phi) is 6.96. The van der Waals surface area contributed by atoms with Crippen LogP contribution < -0.4 is 0 Å². The molecule has 1 rings (SSSR count). The largest absolute Gasteiger partial charge is 0.351 e. The molecule has 0 amide bonds. The van der Waals surface area contributed by atoms with Gasteiger partial charge in [-0.15, -0.1) is 0 Å². The lowest BCUT2D eigenvalue weighted by molar-refractivity contribution is -0.0774. The second-order valence-electron chi connectivity index (χ2n) is 3.28. The zero-order valence-electron chi connectivity index (χ0n) is 9.03. The zero-order chi connectivity index (χ0) is 11.8. The first kappa shape index (κ1) is 13.9. The number of hydrogen-bond donors (Lipinski definition) is 0. The average molecular weight is 350 g/mol. The molecule has 1 aromatic rings. The monoisotopic (exact) mass is 348 g/mol. The second kappa shape index (κ2) is 8.01. The Morgan fingerprint density at radius 3 is 2.62 bits per heavy atom. The molecule has 0 aromatic heterocycles. The number of benzene rings is 1. The Bertz CT molecular complexity index is 321. The first-order chi connectivity index (χ1) is 7.68. The molecular formula is C12H14Br2O2. The van der Waals surface area contributed by atoms with Crippen molar-refractivity contribution in [3.63, 3.8) is 0 Å². The van der Waals surface area contributed by atoms with Crippen molar-refractivity contribution in [3.8, 4) is 0 Å².